The summed E-state index contributed by atoms with van der Waals surface area (Å²) in [6.45, 7) is 0. The zero-order valence-electron chi connectivity index (χ0n) is 11.5. The Hall–Kier alpha value is -1.43. The summed E-state index contributed by atoms with van der Waals surface area (Å²) in [6, 6.07) is 1.32. The van der Waals surface area contributed by atoms with Crippen molar-refractivity contribution in [3.63, 3.8) is 0 Å². The van der Waals surface area contributed by atoms with Gasteiger partial charge in [0.15, 0.2) is 5.69 Å². The van der Waals surface area contributed by atoms with E-state index in [4.69, 9.17) is 0 Å². The molecule has 3 rings (SSSR count). The summed E-state index contributed by atoms with van der Waals surface area (Å²) in [5, 5.41) is 11.0. The van der Waals surface area contributed by atoms with Crippen LogP contribution >= 0.6 is 0 Å². The number of hydrogen-bond acceptors (Lipinski definition) is 4. The van der Waals surface area contributed by atoms with Crippen molar-refractivity contribution >= 4 is 5.91 Å². The molecule has 1 aromatic heterocycles. The monoisotopic (exact) mass is 263 g/mol. The molecule has 6 heteroatoms. The highest BCUT2D eigenvalue weighted by Gasteiger charge is 2.29. The molecule has 0 saturated heterocycles. The van der Waals surface area contributed by atoms with E-state index in [2.05, 4.69) is 34.6 Å². The molecule has 2 atom stereocenters. The fraction of sp³-hybridized carbons (Fsp3) is 0.769. The second-order valence-corrected chi connectivity index (χ2v) is 5.92. The lowest BCUT2D eigenvalue weighted by atomic mass is 10.2. The molecule has 1 amide bonds. The molecule has 104 valence electrons. The summed E-state index contributed by atoms with van der Waals surface area (Å²) < 4.78 is 1.81. The number of nitrogens with zero attached hydrogens (tertiary/aromatic N) is 4. The zero-order chi connectivity index (χ0) is 13.4. The highest BCUT2D eigenvalue weighted by atomic mass is 16.2. The molecule has 2 saturated carbocycles. The molecule has 0 aromatic carbocycles. The summed E-state index contributed by atoms with van der Waals surface area (Å²) in [4.78, 5) is 14.3. The minimum atomic E-state index is -0.0868. The van der Waals surface area contributed by atoms with Crippen LogP contribution in [0.15, 0.2) is 6.20 Å². The van der Waals surface area contributed by atoms with Gasteiger partial charge in [-0.2, -0.15) is 0 Å². The lowest BCUT2D eigenvalue weighted by molar-refractivity contribution is 0.0931. The van der Waals surface area contributed by atoms with Crippen LogP contribution in [0.25, 0.3) is 0 Å². The standard InChI is InChI=1S/C13H21N5O/c1-17(2)11-4-3-9(7-11)14-13(19)12-8-18(16-15-12)10-5-6-10/h8-11H,3-7H2,1-2H3,(H,14,19). The van der Waals surface area contributed by atoms with Crippen LogP contribution in [0.2, 0.25) is 0 Å². The number of aromatic nitrogens is 3. The van der Waals surface area contributed by atoms with Crippen molar-refractivity contribution in [3.8, 4) is 0 Å². The number of rotatable bonds is 4. The van der Waals surface area contributed by atoms with Gasteiger partial charge < -0.3 is 10.2 Å². The van der Waals surface area contributed by atoms with Crippen molar-refractivity contribution < 1.29 is 4.79 Å². The Labute approximate surface area is 113 Å². The van der Waals surface area contributed by atoms with Gasteiger partial charge in [0.05, 0.1) is 12.2 Å². The van der Waals surface area contributed by atoms with Crippen LogP contribution in [0.5, 0.6) is 0 Å². The molecule has 2 aliphatic carbocycles. The molecule has 2 unspecified atom stereocenters. The van der Waals surface area contributed by atoms with Gasteiger partial charge in [-0.25, -0.2) is 4.68 Å². The van der Waals surface area contributed by atoms with Crippen molar-refractivity contribution in [2.24, 2.45) is 0 Å². The molecule has 19 heavy (non-hydrogen) atoms. The molecule has 0 aliphatic heterocycles. The van der Waals surface area contributed by atoms with E-state index in [0.29, 0.717) is 17.8 Å². The average Bonchev–Trinajstić information content (AvgIpc) is 2.92. The maximum absolute atomic E-state index is 12.1. The highest BCUT2D eigenvalue weighted by Crippen LogP contribution is 2.33. The second kappa shape index (κ2) is 4.92. The molecule has 0 spiro atoms. The summed E-state index contributed by atoms with van der Waals surface area (Å²) in [5.41, 5.74) is 0.445. The number of amides is 1. The first-order chi connectivity index (χ1) is 9.13. The molecule has 0 bridgehead atoms. The van der Waals surface area contributed by atoms with Gasteiger partial charge in [0.1, 0.15) is 0 Å². The zero-order valence-corrected chi connectivity index (χ0v) is 11.5. The maximum atomic E-state index is 12.1. The van der Waals surface area contributed by atoms with Gasteiger partial charge in [0.2, 0.25) is 0 Å². The first kappa shape index (κ1) is 12.6. The number of hydrogen-bond donors (Lipinski definition) is 1. The lowest BCUT2D eigenvalue weighted by Crippen LogP contribution is -2.35. The van der Waals surface area contributed by atoms with E-state index in [0.717, 1.165) is 32.1 Å². The van der Waals surface area contributed by atoms with Gasteiger partial charge >= 0.3 is 0 Å². The molecule has 1 aromatic rings. The van der Waals surface area contributed by atoms with Crippen LogP contribution in [0.4, 0.5) is 0 Å². The van der Waals surface area contributed by atoms with Crippen LogP contribution in [-0.2, 0) is 0 Å². The predicted molar refractivity (Wildman–Crippen MR) is 70.9 cm³/mol. The fourth-order valence-electron chi connectivity index (χ4n) is 2.72. The van der Waals surface area contributed by atoms with Crippen LogP contribution in [0, 0.1) is 0 Å². The van der Waals surface area contributed by atoms with Gasteiger partial charge in [-0.3, -0.25) is 4.79 Å². The molecule has 2 fully saturated rings. The Bertz CT molecular complexity index is 465. The molecular weight excluding hydrogens is 242 g/mol. The molecule has 2 aliphatic rings. The predicted octanol–water partition coefficient (Wildman–Crippen LogP) is 0.825. The van der Waals surface area contributed by atoms with Crippen molar-refractivity contribution in [2.45, 2.75) is 50.2 Å². The Morgan fingerprint density at radius 3 is 2.79 bits per heavy atom. The lowest BCUT2D eigenvalue weighted by Gasteiger charge is -2.19. The van der Waals surface area contributed by atoms with E-state index in [1.165, 1.54) is 0 Å². The fourth-order valence-corrected chi connectivity index (χ4v) is 2.72. The maximum Gasteiger partial charge on any atom is 0.273 e. The number of nitrogens with one attached hydrogen (secondary N) is 1. The van der Waals surface area contributed by atoms with Gasteiger partial charge in [-0.15, -0.1) is 5.10 Å². The van der Waals surface area contributed by atoms with Crippen molar-refractivity contribution in [3.05, 3.63) is 11.9 Å². The van der Waals surface area contributed by atoms with Gasteiger partial charge in [-0.05, 0) is 46.2 Å². The smallest absolute Gasteiger partial charge is 0.273 e. The summed E-state index contributed by atoms with van der Waals surface area (Å²) in [5.74, 6) is -0.0868. The van der Waals surface area contributed by atoms with Crippen molar-refractivity contribution in [1.29, 1.82) is 0 Å². The second-order valence-electron chi connectivity index (χ2n) is 5.92. The number of carbonyl (C=O) groups is 1. The molecular formula is C13H21N5O. The van der Waals surface area contributed by atoms with E-state index in [9.17, 15) is 4.79 Å². The van der Waals surface area contributed by atoms with Gasteiger partial charge in [-0.1, -0.05) is 5.21 Å². The third kappa shape index (κ3) is 2.78. The third-order valence-corrected chi connectivity index (χ3v) is 4.13. The van der Waals surface area contributed by atoms with Crippen LogP contribution < -0.4 is 5.32 Å². The molecule has 1 N–H and O–H groups in total. The van der Waals surface area contributed by atoms with E-state index in [1.54, 1.807) is 6.20 Å². The topological polar surface area (TPSA) is 63.1 Å². The minimum absolute atomic E-state index is 0.0868. The molecule has 0 radical (unpaired) electrons. The minimum Gasteiger partial charge on any atom is -0.348 e. The van der Waals surface area contributed by atoms with Crippen LogP contribution in [0.1, 0.15) is 48.6 Å². The normalized spacial score (nSPS) is 26.9. The van der Waals surface area contributed by atoms with Crippen molar-refractivity contribution in [2.75, 3.05) is 14.1 Å². The quantitative estimate of drug-likeness (QED) is 0.874. The van der Waals surface area contributed by atoms with Crippen molar-refractivity contribution in [1.82, 2.24) is 25.2 Å². The van der Waals surface area contributed by atoms with Gasteiger partial charge in [0, 0.05) is 12.1 Å². The summed E-state index contributed by atoms with van der Waals surface area (Å²) >= 11 is 0. The summed E-state index contributed by atoms with van der Waals surface area (Å²) in [6.07, 6.45) is 7.29. The largest absolute Gasteiger partial charge is 0.348 e. The highest BCUT2D eigenvalue weighted by molar-refractivity contribution is 5.92. The molecule has 1 heterocycles. The Kier molecular flexibility index (Phi) is 3.26. The third-order valence-electron chi connectivity index (χ3n) is 4.13. The SMILES string of the molecule is CN(C)C1CCC(NC(=O)c2cn(C3CC3)nn2)C1. The Morgan fingerprint density at radius 1 is 1.37 bits per heavy atom. The molecule has 6 nitrogen and oxygen atoms in total. The first-order valence-corrected chi connectivity index (χ1v) is 7.02. The Morgan fingerprint density at radius 2 is 2.16 bits per heavy atom. The average molecular weight is 263 g/mol. The van der Waals surface area contributed by atoms with Gasteiger partial charge in [0.25, 0.3) is 5.91 Å². The van der Waals surface area contributed by atoms with E-state index in [-0.39, 0.29) is 11.9 Å². The van der Waals surface area contributed by atoms with E-state index >= 15 is 0 Å². The van der Waals surface area contributed by atoms with Crippen LogP contribution in [-0.4, -0.2) is 52.0 Å². The van der Waals surface area contributed by atoms with E-state index < -0.39 is 0 Å². The Balaban J connectivity index is 1.55. The first-order valence-electron chi connectivity index (χ1n) is 7.02. The van der Waals surface area contributed by atoms with Crippen LogP contribution in [0.3, 0.4) is 0 Å². The number of carbonyl (C=O) groups excluding carboxylic acids is 1. The van der Waals surface area contributed by atoms with E-state index in [1.807, 2.05) is 4.68 Å². The summed E-state index contributed by atoms with van der Waals surface area (Å²) in [7, 11) is 4.19.